The van der Waals surface area contributed by atoms with E-state index in [9.17, 15) is 23.1 Å². The first-order valence-corrected chi connectivity index (χ1v) is 10.3. The summed E-state index contributed by atoms with van der Waals surface area (Å²) < 4.78 is 27.0. The zero-order valence-corrected chi connectivity index (χ0v) is 15.6. The molecule has 26 heavy (non-hydrogen) atoms. The predicted octanol–water partition coefficient (Wildman–Crippen LogP) is 1.55. The van der Waals surface area contributed by atoms with Crippen LogP contribution in [0.25, 0.3) is 0 Å². The highest BCUT2D eigenvalue weighted by Gasteiger charge is 2.48. The van der Waals surface area contributed by atoms with Crippen molar-refractivity contribution in [1.82, 2.24) is 9.21 Å². The van der Waals surface area contributed by atoms with Gasteiger partial charge in [0.1, 0.15) is 5.54 Å². The number of carboxylic acids is 1. The van der Waals surface area contributed by atoms with Gasteiger partial charge >= 0.3 is 5.97 Å². The largest absolute Gasteiger partial charge is 0.480 e. The SMILES string of the molecule is CC1(C(=O)O)CCCN1C(=O)C1CCCN(S(=O)(=O)c2ccccc2)C1. The van der Waals surface area contributed by atoms with Gasteiger partial charge in [-0.25, -0.2) is 13.2 Å². The predicted molar refractivity (Wildman–Crippen MR) is 94.9 cm³/mol. The molecule has 7 nitrogen and oxygen atoms in total. The van der Waals surface area contributed by atoms with Gasteiger partial charge in [0, 0.05) is 19.6 Å². The van der Waals surface area contributed by atoms with Gasteiger partial charge in [-0.2, -0.15) is 4.31 Å². The minimum atomic E-state index is -3.65. The molecule has 0 saturated carbocycles. The van der Waals surface area contributed by atoms with Crippen molar-refractivity contribution in [3.63, 3.8) is 0 Å². The second kappa shape index (κ2) is 7.00. The van der Waals surface area contributed by atoms with Crippen molar-refractivity contribution < 1.29 is 23.1 Å². The molecule has 1 N–H and O–H groups in total. The van der Waals surface area contributed by atoms with Crippen LogP contribution in [-0.2, 0) is 19.6 Å². The van der Waals surface area contributed by atoms with Gasteiger partial charge in [-0.15, -0.1) is 0 Å². The van der Waals surface area contributed by atoms with Crippen LogP contribution in [0.15, 0.2) is 35.2 Å². The Morgan fingerprint density at radius 1 is 1.15 bits per heavy atom. The Labute approximate surface area is 153 Å². The number of hydrogen-bond acceptors (Lipinski definition) is 4. The molecule has 2 fully saturated rings. The Hall–Kier alpha value is -1.93. The molecule has 0 spiro atoms. The summed E-state index contributed by atoms with van der Waals surface area (Å²) >= 11 is 0. The number of carboxylic acid groups (broad SMARTS) is 1. The van der Waals surface area contributed by atoms with Crippen molar-refractivity contribution in [1.29, 1.82) is 0 Å². The maximum absolute atomic E-state index is 13.0. The van der Waals surface area contributed by atoms with E-state index >= 15 is 0 Å². The third kappa shape index (κ3) is 3.23. The topological polar surface area (TPSA) is 95.0 Å². The highest BCUT2D eigenvalue weighted by Crippen LogP contribution is 2.33. The summed E-state index contributed by atoms with van der Waals surface area (Å²) in [6, 6.07) is 8.18. The van der Waals surface area contributed by atoms with E-state index < -0.39 is 27.4 Å². The number of sulfonamides is 1. The first kappa shape index (κ1) is 18.8. The molecular formula is C18H24N2O5S. The molecule has 2 atom stereocenters. The van der Waals surface area contributed by atoms with Gasteiger partial charge in [0.05, 0.1) is 10.8 Å². The first-order chi connectivity index (χ1) is 12.3. The maximum atomic E-state index is 13.0. The van der Waals surface area contributed by atoms with Crippen molar-refractivity contribution in [3.8, 4) is 0 Å². The molecule has 1 amide bonds. The molecule has 0 aromatic heterocycles. The molecule has 1 aromatic carbocycles. The number of amides is 1. The minimum absolute atomic E-state index is 0.0995. The zero-order valence-electron chi connectivity index (χ0n) is 14.8. The molecule has 142 valence electrons. The number of hydrogen-bond donors (Lipinski definition) is 1. The average Bonchev–Trinajstić information content (AvgIpc) is 3.05. The van der Waals surface area contributed by atoms with Crippen LogP contribution < -0.4 is 0 Å². The summed E-state index contributed by atoms with van der Waals surface area (Å²) in [7, 11) is -3.65. The number of likely N-dealkylation sites (tertiary alicyclic amines) is 1. The number of carbonyl (C=O) groups excluding carboxylic acids is 1. The van der Waals surface area contributed by atoms with E-state index in [2.05, 4.69) is 0 Å². The average molecular weight is 380 g/mol. The summed E-state index contributed by atoms with van der Waals surface area (Å²) in [6.07, 6.45) is 2.23. The van der Waals surface area contributed by atoms with E-state index in [1.807, 2.05) is 0 Å². The summed E-state index contributed by atoms with van der Waals surface area (Å²) in [6.45, 7) is 2.45. The molecule has 0 aliphatic carbocycles. The molecule has 3 rings (SSSR count). The van der Waals surface area contributed by atoms with Gasteiger partial charge in [-0.3, -0.25) is 4.79 Å². The number of rotatable bonds is 4. The smallest absolute Gasteiger partial charge is 0.329 e. The van der Waals surface area contributed by atoms with Gasteiger partial charge in [0.15, 0.2) is 0 Å². The highest BCUT2D eigenvalue weighted by atomic mass is 32.2. The Kier molecular flexibility index (Phi) is 5.07. The Morgan fingerprint density at radius 3 is 2.50 bits per heavy atom. The van der Waals surface area contributed by atoms with Crippen LogP contribution in [-0.4, -0.2) is 59.8 Å². The molecule has 2 unspecified atom stereocenters. The summed E-state index contributed by atoms with van der Waals surface area (Å²) in [5.41, 5.74) is -1.20. The normalized spacial score (nSPS) is 27.4. The minimum Gasteiger partial charge on any atom is -0.480 e. The first-order valence-electron chi connectivity index (χ1n) is 8.87. The van der Waals surface area contributed by atoms with Gasteiger partial charge in [0.25, 0.3) is 0 Å². The van der Waals surface area contributed by atoms with Crippen molar-refractivity contribution in [3.05, 3.63) is 30.3 Å². The molecule has 1 aromatic rings. The summed E-state index contributed by atoms with van der Waals surface area (Å²) in [4.78, 5) is 26.2. The summed E-state index contributed by atoms with van der Waals surface area (Å²) in [5.74, 6) is -1.76. The number of nitrogens with zero attached hydrogens (tertiary/aromatic N) is 2. The van der Waals surface area contributed by atoms with Crippen LogP contribution in [0.3, 0.4) is 0 Å². The molecule has 0 radical (unpaired) electrons. The molecule has 0 bridgehead atoms. The van der Waals surface area contributed by atoms with Crippen LogP contribution in [0, 0.1) is 5.92 Å². The lowest BCUT2D eigenvalue weighted by atomic mass is 9.94. The van der Waals surface area contributed by atoms with Crippen molar-refractivity contribution in [2.24, 2.45) is 5.92 Å². The number of carbonyl (C=O) groups is 2. The molecule has 2 aliphatic rings. The molecule has 2 saturated heterocycles. The molecule has 8 heteroatoms. The molecule has 2 heterocycles. The van der Waals surface area contributed by atoms with Gasteiger partial charge in [0.2, 0.25) is 15.9 Å². The fraction of sp³-hybridized carbons (Fsp3) is 0.556. The number of benzene rings is 1. The summed E-state index contributed by atoms with van der Waals surface area (Å²) in [5, 5.41) is 9.52. The Morgan fingerprint density at radius 2 is 1.85 bits per heavy atom. The van der Waals surface area contributed by atoms with E-state index in [1.165, 1.54) is 9.21 Å². The van der Waals surface area contributed by atoms with Crippen LogP contribution in [0.4, 0.5) is 0 Å². The Balaban J connectivity index is 1.79. The van der Waals surface area contributed by atoms with Crippen LogP contribution in [0.1, 0.15) is 32.6 Å². The third-order valence-electron chi connectivity index (χ3n) is 5.48. The van der Waals surface area contributed by atoms with Crippen molar-refractivity contribution in [2.75, 3.05) is 19.6 Å². The second-order valence-electron chi connectivity index (χ2n) is 7.19. The van der Waals surface area contributed by atoms with Crippen molar-refractivity contribution >= 4 is 21.9 Å². The van der Waals surface area contributed by atoms with Crippen LogP contribution in [0.2, 0.25) is 0 Å². The lowest BCUT2D eigenvalue weighted by Gasteiger charge is -2.37. The van der Waals surface area contributed by atoms with Crippen LogP contribution >= 0.6 is 0 Å². The van der Waals surface area contributed by atoms with Crippen LogP contribution in [0.5, 0.6) is 0 Å². The van der Waals surface area contributed by atoms with Gasteiger partial charge in [-0.05, 0) is 44.7 Å². The second-order valence-corrected chi connectivity index (χ2v) is 9.13. The molecular weight excluding hydrogens is 356 g/mol. The zero-order chi connectivity index (χ0) is 18.9. The lowest BCUT2D eigenvalue weighted by Crippen LogP contribution is -2.55. The Bertz CT molecular complexity index is 795. The van der Waals surface area contributed by atoms with E-state index in [1.54, 1.807) is 37.3 Å². The number of aliphatic carboxylic acids is 1. The third-order valence-corrected chi connectivity index (χ3v) is 7.36. The van der Waals surface area contributed by atoms with E-state index in [-0.39, 0.29) is 17.3 Å². The fourth-order valence-corrected chi connectivity index (χ4v) is 5.41. The maximum Gasteiger partial charge on any atom is 0.329 e. The lowest BCUT2D eigenvalue weighted by molar-refractivity contribution is -0.157. The quantitative estimate of drug-likeness (QED) is 0.855. The van der Waals surface area contributed by atoms with Gasteiger partial charge < -0.3 is 10.0 Å². The molecule has 2 aliphatic heterocycles. The van der Waals surface area contributed by atoms with Crippen molar-refractivity contribution in [2.45, 2.75) is 43.0 Å². The van der Waals surface area contributed by atoms with E-state index in [0.29, 0.717) is 38.8 Å². The monoisotopic (exact) mass is 380 g/mol. The highest BCUT2D eigenvalue weighted by molar-refractivity contribution is 7.89. The van der Waals surface area contributed by atoms with E-state index in [4.69, 9.17) is 0 Å². The number of piperidine rings is 1. The fourth-order valence-electron chi connectivity index (χ4n) is 3.86. The van der Waals surface area contributed by atoms with E-state index in [0.717, 1.165) is 0 Å². The standard InChI is InChI=1S/C18H24N2O5S/c1-18(17(22)23)10-6-12-20(18)16(21)14-7-5-11-19(13-14)26(24,25)15-8-3-2-4-9-15/h2-4,8-9,14H,5-7,10-13H2,1H3,(H,22,23). The van der Waals surface area contributed by atoms with Gasteiger partial charge in [-0.1, -0.05) is 18.2 Å².